The highest BCUT2D eigenvalue weighted by molar-refractivity contribution is 6.05. The molecule has 0 aromatic heterocycles. The van der Waals surface area contributed by atoms with Crippen LogP contribution in [-0.4, -0.2) is 49.4 Å². The molecule has 0 atom stereocenters. The molecule has 1 aromatic rings. The molecular weight excluding hydrogens is 230 g/mol. The fraction of sp³-hybridized carbons (Fsp3) is 0.385. The third-order valence-corrected chi connectivity index (χ3v) is 2.87. The van der Waals surface area contributed by atoms with E-state index in [1.54, 1.807) is 24.3 Å². The SMILES string of the molecule is O=C(CN1CCNCC1)NC(=O)c1ccccc1. The Hall–Kier alpha value is -1.72. The summed E-state index contributed by atoms with van der Waals surface area (Å²) in [6, 6.07) is 8.76. The average Bonchev–Trinajstić information content (AvgIpc) is 2.40. The quantitative estimate of drug-likeness (QED) is 0.779. The van der Waals surface area contributed by atoms with Crippen molar-refractivity contribution in [2.45, 2.75) is 0 Å². The van der Waals surface area contributed by atoms with Crippen LogP contribution in [0.1, 0.15) is 10.4 Å². The van der Waals surface area contributed by atoms with E-state index in [2.05, 4.69) is 10.6 Å². The number of hydrogen-bond donors (Lipinski definition) is 2. The van der Waals surface area contributed by atoms with Crippen molar-refractivity contribution in [2.24, 2.45) is 0 Å². The van der Waals surface area contributed by atoms with E-state index < -0.39 is 0 Å². The number of benzene rings is 1. The number of amides is 2. The van der Waals surface area contributed by atoms with Gasteiger partial charge in [-0.25, -0.2) is 0 Å². The number of carbonyl (C=O) groups is 2. The minimum Gasteiger partial charge on any atom is -0.314 e. The molecule has 2 N–H and O–H groups in total. The summed E-state index contributed by atoms with van der Waals surface area (Å²) in [5.74, 6) is -0.582. The molecule has 2 amide bonds. The maximum atomic E-state index is 11.7. The van der Waals surface area contributed by atoms with E-state index in [0.29, 0.717) is 5.56 Å². The van der Waals surface area contributed by atoms with Crippen LogP contribution in [0.2, 0.25) is 0 Å². The van der Waals surface area contributed by atoms with Crippen molar-refractivity contribution in [1.82, 2.24) is 15.5 Å². The third kappa shape index (κ3) is 3.65. The summed E-state index contributed by atoms with van der Waals surface area (Å²) in [7, 11) is 0. The van der Waals surface area contributed by atoms with Gasteiger partial charge in [0.1, 0.15) is 0 Å². The van der Waals surface area contributed by atoms with Gasteiger partial charge in [-0.05, 0) is 12.1 Å². The van der Waals surface area contributed by atoms with E-state index >= 15 is 0 Å². The molecule has 0 unspecified atom stereocenters. The second kappa shape index (κ2) is 6.28. The first-order chi connectivity index (χ1) is 8.75. The molecule has 1 aromatic carbocycles. The number of nitrogens with zero attached hydrogens (tertiary/aromatic N) is 1. The predicted molar refractivity (Wildman–Crippen MR) is 68.2 cm³/mol. The van der Waals surface area contributed by atoms with Crippen molar-refractivity contribution in [2.75, 3.05) is 32.7 Å². The molecule has 1 saturated heterocycles. The van der Waals surface area contributed by atoms with Crippen molar-refractivity contribution in [3.8, 4) is 0 Å². The van der Waals surface area contributed by atoms with Crippen LogP contribution in [0.3, 0.4) is 0 Å². The van der Waals surface area contributed by atoms with Gasteiger partial charge in [0.25, 0.3) is 5.91 Å². The lowest BCUT2D eigenvalue weighted by molar-refractivity contribution is -0.121. The Morgan fingerprint density at radius 1 is 1.17 bits per heavy atom. The molecule has 0 aliphatic carbocycles. The molecule has 0 radical (unpaired) electrons. The van der Waals surface area contributed by atoms with Crippen LogP contribution in [0.4, 0.5) is 0 Å². The van der Waals surface area contributed by atoms with Crippen LogP contribution in [0.15, 0.2) is 30.3 Å². The van der Waals surface area contributed by atoms with Crippen molar-refractivity contribution in [3.63, 3.8) is 0 Å². The molecule has 5 heteroatoms. The molecule has 2 rings (SSSR count). The Bertz CT molecular complexity index is 414. The molecule has 0 bridgehead atoms. The Morgan fingerprint density at radius 2 is 1.83 bits per heavy atom. The second-order valence-corrected chi connectivity index (χ2v) is 4.27. The molecule has 1 heterocycles. The molecule has 1 aliphatic rings. The molecule has 1 aliphatic heterocycles. The fourth-order valence-corrected chi connectivity index (χ4v) is 1.90. The zero-order chi connectivity index (χ0) is 12.8. The lowest BCUT2D eigenvalue weighted by Crippen LogP contribution is -2.48. The maximum Gasteiger partial charge on any atom is 0.257 e. The van der Waals surface area contributed by atoms with Crippen LogP contribution in [-0.2, 0) is 4.79 Å². The van der Waals surface area contributed by atoms with E-state index in [1.165, 1.54) is 0 Å². The molecule has 96 valence electrons. The molecule has 1 fully saturated rings. The largest absolute Gasteiger partial charge is 0.314 e. The van der Waals surface area contributed by atoms with Gasteiger partial charge >= 0.3 is 0 Å². The maximum absolute atomic E-state index is 11.7. The van der Waals surface area contributed by atoms with E-state index in [0.717, 1.165) is 26.2 Å². The van der Waals surface area contributed by atoms with Crippen LogP contribution in [0.5, 0.6) is 0 Å². The van der Waals surface area contributed by atoms with Crippen LogP contribution < -0.4 is 10.6 Å². The van der Waals surface area contributed by atoms with E-state index in [-0.39, 0.29) is 18.4 Å². The highest BCUT2D eigenvalue weighted by Crippen LogP contribution is 1.98. The van der Waals surface area contributed by atoms with Crippen molar-refractivity contribution in [1.29, 1.82) is 0 Å². The van der Waals surface area contributed by atoms with Gasteiger partial charge in [-0.2, -0.15) is 0 Å². The molecule has 18 heavy (non-hydrogen) atoms. The summed E-state index contributed by atoms with van der Waals surface area (Å²) in [6.45, 7) is 3.74. The molecule has 0 saturated carbocycles. The average molecular weight is 247 g/mol. The van der Waals surface area contributed by atoms with Gasteiger partial charge in [-0.1, -0.05) is 18.2 Å². The highest BCUT2D eigenvalue weighted by atomic mass is 16.2. The number of nitrogens with one attached hydrogen (secondary N) is 2. The van der Waals surface area contributed by atoms with Gasteiger partial charge < -0.3 is 5.32 Å². The minimum absolute atomic E-state index is 0.245. The standard InChI is InChI=1S/C13H17N3O2/c17-12(10-16-8-6-14-7-9-16)15-13(18)11-4-2-1-3-5-11/h1-5,14H,6-10H2,(H,15,17,18). The lowest BCUT2D eigenvalue weighted by atomic mass is 10.2. The smallest absolute Gasteiger partial charge is 0.257 e. The Balaban J connectivity index is 1.82. The van der Waals surface area contributed by atoms with Crippen LogP contribution >= 0.6 is 0 Å². The van der Waals surface area contributed by atoms with Crippen molar-refractivity contribution < 1.29 is 9.59 Å². The number of imide groups is 1. The van der Waals surface area contributed by atoms with E-state index in [4.69, 9.17) is 0 Å². The van der Waals surface area contributed by atoms with E-state index in [1.807, 2.05) is 11.0 Å². The first-order valence-electron chi connectivity index (χ1n) is 6.08. The molecular formula is C13H17N3O2. The number of carbonyl (C=O) groups excluding carboxylic acids is 2. The lowest BCUT2D eigenvalue weighted by Gasteiger charge is -2.26. The molecule has 0 spiro atoms. The first-order valence-corrected chi connectivity index (χ1v) is 6.08. The van der Waals surface area contributed by atoms with Crippen LogP contribution in [0.25, 0.3) is 0 Å². The van der Waals surface area contributed by atoms with Crippen molar-refractivity contribution in [3.05, 3.63) is 35.9 Å². The summed E-state index contributed by atoms with van der Waals surface area (Å²) in [4.78, 5) is 25.5. The van der Waals surface area contributed by atoms with Gasteiger partial charge in [0.05, 0.1) is 6.54 Å². The van der Waals surface area contributed by atoms with Gasteiger partial charge in [-0.15, -0.1) is 0 Å². The summed E-state index contributed by atoms with van der Waals surface area (Å²) < 4.78 is 0. The number of rotatable bonds is 3. The van der Waals surface area contributed by atoms with Crippen LogP contribution in [0, 0.1) is 0 Å². The summed E-state index contributed by atoms with van der Waals surface area (Å²) in [5, 5.41) is 5.62. The number of hydrogen-bond acceptors (Lipinski definition) is 4. The Morgan fingerprint density at radius 3 is 2.50 bits per heavy atom. The predicted octanol–water partition coefficient (Wildman–Crippen LogP) is -0.152. The fourth-order valence-electron chi connectivity index (χ4n) is 1.90. The normalized spacial score (nSPS) is 16.2. The minimum atomic E-state index is -0.337. The van der Waals surface area contributed by atoms with Gasteiger partial charge in [0.15, 0.2) is 0 Å². The summed E-state index contributed by atoms with van der Waals surface area (Å²) in [5.41, 5.74) is 0.506. The Labute approximate surface area is 106 Å². The zero-order valence-corrected chi connectivity index (χ0v) is 10.2. The van der Waals surface area contributed by atoms with Crippen molar-refractivity contribution >= 4 is 11.8 Å². The number of piperazine rings is 1. The van der Waals surface area contributed by atoms with E-state index in [9.17, 15) is 9.59 Å². The highest BCUT2D eigenvalue weighted by Gasteiger charge is 2.15. The van der Waals surface area contributed by atoms with Gasteiger partial charge in [-0.3, -0.25) is 19.8 Å². The summed E-state index contributed by atoms with van der Waals surface area (Å²) >= 11 is 0. The monoisotopic (exact) mass is 247 g/mol. The van der Waals surface area contributed by atoms with Gasteiger partial charge in [0.2, 0.25) is 5.91 Å². The second-order valence-electron chi connectivity index (χ2n) is 4.27. The first kappa shape index (κ1) is 12.7. The van der Waals surface area contributed by atoms with Gasteiger partial charge in [0, 0.05) is 31.7 Å². The topological polar surface area (TPSA) is 61.4 Å². The zero-order valence-electron chi connectivity index (χ0n) is 10.2. The molecule has 5 nitrogen and oxygen atoms in total. The summed E-state index contributed by atoms with van der Waals surface area (Å²) in [6.07, 6.45) is 0. The Kier molecular flexibility index (Phi) is 4.44. The third-order valence-electron chi connectivity index (χ3n) is 2.87.